The molecule has 0 saturated heterocycles. The van der Waals surface area contributed by atoms with Crippen molar-refractivity contribution >= 4 is 5.82 Å². The van der Waals surface area contributed by atoms with E-state index in [0.29, 0.717) is 11.4 Å². The maximum Gasteiger partial charge on any atom is 0.136 e. The van der Waals surface area contributed by atoms with Gasteiger partial charge in [-0.2, -0.15) is 5.26 Å². The number of aromatic nitrogens is 1. The van der Waals surface area contributed by atoms with Crippen molar-refractivity contribution in [2.75, 3.05) is 5.43 Å². The summed E-state index contributed by atoms with van der Waals surface area (Å²) in [6.45, 7) is 0. The molecule has 0 aliphatic rings. The fourth-order valence-corrected chi connectivity index (χ4v) is 2.43. The maximum atomic E-state index is 9.49. The predicted molar refractivity (Wildman–Crippen MR) is 84.2 cm³/mol. The first-order chi connectivity index (χ1) is 10.3. The number of H-pyrrole nitrogens is 1. The summed E-state index contributed by atoms with van der Waals surface area (Å²) < 4.78 is 0. The smallest absolute Gasteiger partial charge is 0.136 e. The zero-order valence-electron chi connectivity index (χ0n) is 11.3. The molecule has 3 rings (SSSR count). The Morgan fingerprint density at radius 3 is 2.00 bits per heavy atom. The molecule has 102 valence electrons. The Morgan fingerprint density at radius 1 is 0.905 bits per heavy atom. The van der Waals surface area contributed by atoms with Crippen molar-refractivity contribution in [3.05, 3.63) is 66.2 Å². The van der Waals surface area contributed by atoms with Gasteiger partial charge < -0.3 is 10.4 Å². The van der Waals surface area contributed by atoms with Gasteiger partial charge in [0.2, 0.25) is 0 Å². The molecule has 4 heteroatoms. The minimum Gasteiger partial charge on any atom is -0.339 e. The van der Waals surface area contributed by atoms with Gasteiger partial charge in [0, 0.05) is 5.56 Å². The average Bonchev–Trinajstić information content (AvgIpc) is 2.95. The van der Waals surface area contributed by atoms with Gasteiger partial charge >= 0.3 is 0 Å². The third kappa shape index (κ3) is 2.27. The van der Waals surface area contributed by atoms with Crippen LogP contribution in [0.2, 0.25) is 0 Å². The Bertz CT molecular complexity index is 783. The fourth-order valence-electron chi connectivity index (χ4n) is 2.43. The highest BCUT2D eigenvalue weighted by atomic mass is 15.3. The number of rotatable bonds is 3. The Kier molecular flexibility index (Phi) is 3.42. The first kappa shape index (κ1) is 13.0. The second-order valence-electron chi connectivity index (χ2n) is 4.61. The van der Waals surface area contributed by atoms with Crippen LogP contribution in [0, 0.1) is 11.3 Å². The highest BCUT2D eigenvalue weighted by molar-refractivity contribution is 5.90. The summed E-state index contributed by atoms with van der Waals surface area (Å²) >= 11 is 0. The quantitative estimate of drug-likeness (QED) is 0.505. The van der Waals surface area contributed by atoms with Crippen LogP contribution in [0.25, 0.3) is 22.4 Å². The summed E-state index contributed by atoms with van der Waals surface area (Å²) in [6, 6.07) is 21.9. The van der Waals surface area contributed by atoms with E-state index in [1.54, 1.807) is 0 Å². The zero-order chi connectivity index (χ0) is 14.7. The van der Waals surface area contributed by atoms with Crippen molar-refractivity contribution in [2.24, 2.45) is 5.84 Å². The van der Waals surface area contributed by atoms with Gasteiger partial charge in [0.15, 0.2) is 0 Å². The van der Waals surface area contributed by atoms with E-state index in [-0.39, 0.29) is 0 Å². The molecule has 0 bridgehead atoms. The molecule has 0 aliphatic heterocycles. The molecule has 0 unspecified atom stereocenters. The van der Waals surface area contributed by atoms with E-state index in [4.69, 9.17) is 5.84 Å². The number of benzene rings is 2. The van der Waals surface area contributed by atoms with Crippen molar-refractivity contribution in [3.63, 3.8) is 0 Å². The van der Waals surface area contributed by atoms with E-state index in [2.05, 4.69) is 16.5 Å². The molecule has 21 heavy (non-hydrogen) atoms. The number of nitrogen functional groups attached to an aromatic ring is 1. The molecule has 3 aromatic rings. The lowest BCUT2D eigenvalue weighted by Gasteiger charge is -2.05. The molecule has 4 nitrogen and oxygen atoms in total. The van der Waals surface area contributed by atoms with Gasteiger partial charge in [-0.15, -0.1) is 0 Å². The third-order valence-corrected chi connectivity index (χ3v) is 3.38. The lowest BCUT2D eigenvalue weighted by Crippen LogP contribution is -2.08. The Labute approximate surface area is 122 Å². The summed E-state index contributed by atoms with van der Waals surface area (Å²) in [6.07, 6.45) is 0. The van der Waals surface area contributed by atoms with Gasteiger partial charge in [-0.1, -0.05) is 60.7 Å². The maximum absolute atomic E-state index is 9.49. The van der Waals surface area contributed by atoms with Crippen molar-refractivity contribution < 1.29 is 0 Å². The van der Waals surface area contributed by atoms with Crippen molar-refractivity contribution in [1.29, 1.82) is 5.26 Å². The molecular weight excluding hydrogens is 260 g/mol. The highest BCUT2D eigenvalue weighted by Gasteiger charge is 2.19. The van der Waals surface area contributed by atoms with Crippen molar-refractivity contribution in [3.8, 4) is 28.5 Å². The summed E-state index contributed by atoms with van der Waals surface area (Å²) in [4.78, 5) is 3.21. The molecular formula is C17H14N4. The van der Waals surface area contributed by atoms with Gasteiger partial charge in [0.25, 0.3) is 0 Å². The summed E-state index contributed by atoms with van der Waals surface area (Å²) in [5.74, 6) is 6.06. The van der Waals surface area contributed by atoms with Crippen LogP contribution in [0.15, 0.2) is 60.7 Å². The topological polar surface area (TPSA) is 77.6 Å². The van der Waals surface area contributed by atoms with Crippen LogP contribution in [0.5, 0.6) is 0 Å². The van der Waals surface area contributed by atoms with Crippen LogP contribution in [-0.2, 0) is 0 Å². The van der Waals surface area contributed by atoms with E-state index >= 15 is 0 Å². The molecule has 0 saturated carbocycles. The molecule has 0 spiro atoms. The standard InChI is InChI=1S/C17H14N4/c18-11-14-15(12-7-3-1-4-8-12)16(20-17(14)21-19)13-9-5-2-6-10-13/h1-10,20-21H,19H2. The van der Waals surface area contributed by atoms with Crippen LogP contribution in [0.4, 0.5) is 5.82 Å². The van der Waals surface area contributed by atoms with Crippen LogP contribution in [-0.4, -0.2) is 4.98 Å². The minimum absolute atomic E-state index is 0.516. The number of anilines is 1. The predicted octanol–water partition coefficient (Wildman–Crippen LogP) is 3.51. The SMILES string of the molecule is N#Cc1c(NN)[nH]c(-c2ccccc2)c1-c1ccccc1. The monoisotopic (exact) mass is 274 g/mol. The number of hydrogen-bond donors (Lipinski definition) is 3. The number of nitrogens with two attached hydrogens (primary N) is 1. The Balaban J connectivity index is 2.31. The van der Waals surface area contributed by atoms with Crippen LogP contribution in [0.3, 0.4) is 0 Å². The lowest BCUT2D eigenvalue weighted by atomic mass is 9.98. The largest absolute Gasteiger partial charge is 0.339 e. The fraction of sp³-hybridized carbons (Fsp3) is 0. The summed E-state index contributed by atoms with van der Waals surface area (Å²) in [5.41, 5.74) is 6.81. The third-order valence-electron chi connectivity index (χ3n) is 3.38. The van der Waals surface area contributed by atoms with Gasteiger partial charge in [-0.05, 0) is 11.1 Å². The van der Waals surface area contributed by atoms with Gasteiger partial charge in [0.1, 0.15) is 17.5 Å². The average molecular weight is 274 g/mol. The van der Waals surface area contributed by atoms with Crippen LogP contribution in [0.1, 0.15) is 5.56 Å². The van der Waals surface area contributed by atoms with Gasteiger partial charge in [-0.3, -0.25) is 0 Å². The molecule has 4 N–H and O–H groups in total. The van der Waals surface area contributed by atoms with E-state index in [1.807, 2.05) is 60.7 Å². The number of nitrogens with zero attached hydrogens (tertiary/aromatic N) is 1. The Morgan fingerprint density at radius 2 is 1.48 bits per heavy atom. The lowest BCUT2D eigenvalue weighted by molar-refractivity contribution is 1.26. The van der Waals surface area contributed by atoms with Crippen molar-refractivity contribution in [1.82, 2.24) is 4.98 Å². The molecule has 0 radical (unpaired) electrons. The van der Waals surface area contributed by atoms with Gasteiger partial charge in [-0.25, -0.2) is 5.84 Å². The Hall–Kier alpha value is -3.03. The summed E-state index contributed by atoms with van der Waals surface area (Å²) in [7, 11) is 0. The highest BCUT2D eigenvalue weighted by Crippen LogP contribution is 2.37. The van der Waals surface area contributed by atoms with Gasteiger partial charge in [0.05, 0.1) is 5.69 Å². The van der Waals surface area contributed by atoms with E-state index in [9.17, 15) is 5.26 Å². The summed E-state index contributed by atoms with van der Waals surface area (Å²) in [5, 5.41) is 9.49. The number of aromatic amines is 1. The number of hydrogen-bond acceptors (Lipinski definition) is 3. The second kappa shape index (κ2) is 5.53. The number of nitriles is 1. The first-order valence-electron chi connectivity index (χ1n) is 6.58. The number of nitrogens with one attached hydrogen (secondary N) is 2. The molecule has 2 aromatic carbocycles. The first-order valence-corrected chi connectivity index (χ1v) is 6.58. The van der Waals surface area contributed by atoms with E-state index < -0.39 is 0 Å². The normalized spacial score (nSPS) is 10.1. The van der Waals surface area contributed by atoms with Crippen molar-refractivity contribution in [2.45, 2.75) is 0 Å². The molecule has 0 amide bonds. The van der Waals surface area contributed by atoms with E-state index in [1.165, 1.54) is 0 Å². The van der Waals surface area contributed by atoms with E-state index in [0.717, 1.165) is 22.4 Å². The molecule has 1 aromatic heterocycles. The molecule has 1 heterocycles. The molecule has 0 atom stereocenters. The zero-order valence-corrected chi connectivity index (χ0v) is 11.3. The molecule has 0 fully saturated rings. The minimum atomic E-state index is 0.516. The van der Waals surface area contributed by atoms with Crippen LogP contribution >= 0.6 is 0 Å². The van der Waals surface area contributed by atoms with Crippen LogP contribution < -0.4 is 11.3 Å². The molecule has 0 aliphatic carbocycles. The number of hydrazine groups is 1. The second-order valence-corrected chi connectivity index (χ2v) is 4.61.